The number of ether oxygens (including phenoxy) is 1. The van der Waals surface area contributed by atoms with Gasteiger partial charge in [-0.25, -0.2) is 0 Å². The number of hydrogen-bond donors (Lipinski definition) is 0. The molecule has 0 aliphatic heterocycles. The van der Waals surface area contributed by atoms with E-state index in [1.54, 1.807) is 0 Å². The van der Waals surface area contributed by atoms with Gasteiger partial charge < -0.3 is 4.74 Å². The summed E-state index contributed by atoms with van der Waals surface area (Å²) in [5, 5.41) is 6.97. The van der Waals surface area contributed by atoms with Crippen molar-refractivity contribution in [2.24, 2.45) is 0 Å². The number of nitrogens with zero attached hydrogens (tertiary/aromatic N) is 2. The lowest BCUT2D eigenvalue weighted by molar-refractivity contribution is 0.301. The molecule has 0 amide bonds. The molecule has 0 spiro atoms. The van der Waals surface area contributed by atoms with Gasteiger partial charge in [0.1, 0.15) is 4.60 Å². The van der Waals surface area contributed by atoms with Gasteiger partial charge in [-0.2, -0.15) is 0 Å². The summed E-state index contributed by atoms with van der Waals surface area (Å²) < 4.78 is 55.4. The fraction of sp³-hybridized carbons (Fsp3) is 0.429. The highest BCUT2D eigenvalue weighted by atomic mass is 79.9. The average Bonchev–Trinajstić information content (AvgIpc) is 2.19. The van der Waals surface area contributed by atoms with Crippen molar-refractivity contribution in [1.82, 2.24) is 10.2 Å². The first-order valence-corrected chi connectivity index (χ1v) is 3.45. The highest BCUT2D eigenvalue weighted by Crippen LogP contribution is 2.08. The molecule has 1 rings (SSSR count). The van der Waals surface area contributed by atoms with Crippen molar-refractivity contribution in [3.63, 3.8) is 0 Å². The van der Waals surface area contributed by atoms with E-state index in [0.29, 0.717) is 4.60 Å². The molecular formula is C7H9BrN2O. The second kappa shape index (κ2) is 4.28. The first kappa shape index (κ1) is 3.01. The van der Waals surface area contributed by atoms with Crippen LogP contribution < -0.4 is 4.74 Å². The van der Waals surface area contributed by atoms with Crippen LogP contribution in [0.1, 0.15) is 22.8 Å². The van der Waals surface area contributed by atoms with Crippen LogP contribution in [0.25, 0.3) is 0 Å². The van der Waals surface area contributed by atoms with E-state index in [-0.39, 0.29) is 5.88 Å². The van der Waals surface area contributed by atoms with Gasteiger partial charge in [0.2, 0.25) is 5.88 Å². The molecule has 1 aromatic heterocycles. The van der Waals surface area contributed by atoms with Crippen LogP contribution in [0.3, 0.4) is 0 Å². The predicted molar refractivity (Wildman–Crippen MR) is 45.5 cm³/mol. The van der Waals surface area contributed by atoms with Gasteiger partial charge in [-0.05, 0) is 28.4 Å². The van der Waals surface area contributed by atoms with Gasteiger partial charge >= 0.3 is 0 Å². The summed E-state index contributed by atoms with van der Waals surface area (Å²) in [5.41, 5.74) is 0. The van der Waals surface area contributed by atoms with Crippen LogP contribution in [0, 0.1) is 0 Å². The van der Waals surface area contributed by atoms with Crippen molar-refractivity contribution in [3.8, 4) is 5.88 Å². The molecule has 0 aliphatic rings. The first-order chi connectivity index (χ1) is 7.97. The van der Waals surface area contributed by atoms with Gasteiger partial charge in [-0.1, -0.05) is 6.85 Å². The molecule has 0 atom stereocenters. The molecule has 0 aromatic carbocycles. The standard InChI is InChI=1S/C7H9BrN2O/c1-2-5-11-7-4-3-6(8)9-10-7/h3-4H,2,5H2,1H3/i1D3,2D2,5D2. The maximum atomic E-state index is 7.41. The molecule has 4 heteroatoms. The lowest BCUT2D eigenvalue weighted by atomic mass is 10.5. The van der Waals surface area contributed by atoms with E-state index in [1.807, 2.05) is 0 Å². The van der Waals surface area contributed by atoms with Crippen LogP contribution in [0.2, 0.25) is 0 Å². The predicted octanol–water partition coefficient (Wildman–Crippen LogP) is 2.03. The molecule has 11 heavy (non-hydrogen) atoms. The summed E-state index contributed by atoms with van der Waals surface area (Å²) in [6.45, 7) is -6.24. The van der Waals surface area contributed by atoms with Crippen LogP contribution >= 0.6 is 15.9 Å². The van der Waals surface area contributed by atoms with Gasteiger partial charge in [0.15, 0.2) is 0 Å². The fourth-order valence-electron chi connectivity index (χ4n) is 0.436. The summed E-state index contributed by atoms with van der Waals surface area (Å²) >= 11 is 3.01. The Bertz CT molecular complexity index is 419. The van der Waals surface area contributed by atoms with E-state index < -0.39 is 19.8 Å². The van der Waals surface area contributed by atoms with E-state index in [2.05, 4.69) is 30.9 Å². The first-order valence-electron chi connectivity index (χ1n) is 6.16. The number of hydrogen-bond acceptors (Lipinski definition) is 3. The van der Waals surface area contributed by atoms with Gasteiger partial charge in [0.05, 0.1) is 9.30 Å². The summed E-state index contributed by atoms with van der Waals surface area (Å²) in [6, 6.07) is 2.65. The molecule has 3 nitrogen and oxygen atoms in total. The van der Waals surface area contributed by atoms with Crippen molar-refractivity contribution < 1.29 is 14.3 Å². The Morgan fingerprint density at radius 2 is 2.64 bits per heavy atom. The number of rotatable bonds is 3. The zero-order valence-electron chi connectivity index (χ0n) is 12.3. The molecule has 1 heterocycles. The average molecular weight is 224 g/mol. The Kier molecular flexibility index (Phi) is 1.17. The Morgan fingerprint density at radius 3 is 3.27 bits per heavy atom. The molecule has 1 aromatic rings. The third-order valence-electron chi connectivity index (χ3n) is 0.814. The fourth-order valence-corrected chi connectivity index (χ4v) is 0.647. The summed E-state index contributed by atoms with van der Waals surface area (Å²) in [4.78, 5) is 0. The topological polar surface area (TPSA) is 35.0 Å². The lowest BCUT2D eigenvalue weighted by Crippen LogP contribution is -1.97. The van der Waals surface area contributed by atoms with Crippen molar-refractivity contribution in [2.75, 3.05) is 6.56 Å². The van der Waals surface area contributed by atoms with E-state index >= 15 is 0 Å². The third kappa shape index (κ3) is 2.84. The Balaban J connectivity index is 2.97. The summed E-state index contributed by atoms with van der Waals surface area (Å²) in [5.74, 6) is -0.309. The molecule has 0 fully saturated rings. The van der Waals surface area contributed by atoms with Crippen molar-refractivity contribution in [2.45, 2.75) is 13.2 Å². The smallest absolute Gasteiger partial charge is 0.233 e. The van der Waals surface area contributed by atoms with E-state index in [0.717, 1.165) is 0 Å². The molecule has 0 saturated heterocycles. The molecule has 0 radical (unpaired) electrons. The summed E-state index contributed by atoms with van der Waals surface area (Å²) in [6.07, 6.45) is -3.19. The zero-order valence-corrected chi connectivity index (χ0v) is 6.92. The minimum absolute atomic E-state index is 0.309. The van der Waals surface area contributed by atoms with Crippen LogP contribution in [-0.4, -0.2) is 16.8 Å². The van der Waals surface area contributed by atoms with Crippen LogP contribution in [0.4, 0.5) is 0 Å². The second-order valence-corrected chi connectivity index (χ2v) is 2.34. The summed E-state index contributed by atoms with van der Waals surface area (Å²) in [7, 11) is 0. The SMILES string of the molecule is [2H]C([2H])([2H])C([2H])([2H])C([2H])([2H])Oc1ccc(Br)nn1. The molecular weight excluding hydrogens is 208 g/mol. The Labute approximate surface area is 83.7 Å². The Morgan fingerprint density at radius 1 is 1.73 bits per heavy atom. The van der Waals surface area contributed by atoms with Crippen molar-refractivity contribution >= 4 is 15.9 Å². The minimum Gasteiger partial charge on any atom is -0.477 e. The highest BCUT2D eigenvalue weighted by Gasteiger charge is 1.93. The van der Waals surface area contributed by atoms with Gasteiger partial charge in [0.25, 0.3) is 0 Å². The zero-order chi connectivity index (χ0) is 14.2. The second-order valence-electron chi connectivity index (χ2n) is 1.52. The lowest BCUT2D eigenvalue weighted by Gasteiger charge is -2.00. The van der Waals surface area contributed by atoms with E-state index in [4.69, 9.17) is 9.60 Å². The van der Waals surface area contributed by atoms with Gasteiger partial charge in [-0.15, -0.1) is 10.2 Å². The molecule has 0 saturated carbocycles. The minimum atomic E-state index is -3.19. The highest BCUT2D eigenvalue weighted by molar-refractivity contribution is 9.10. The number of halogens is 1. The molecule has 0 aliphatic carbocycles. The van der Waals surface area contributed by atoms with Crippen molar-refractivity contribution in [3.05, 3.63) is 16.7 Å². The molecule has 60 valence electrons. The van der Waals surface area contributed by atoms with Crippen molar-refractivity contribution in [1.29, 1.82) is 0 Å². The Hall–Kier alpha value is -0.640. The normalized spacial score (nSPS) is 22.8. The van der Waals surface area contributed by atoms with Crippen LogP contribution in [0.15, 0.2) is 16.7 Å². The van der Waals surface area contributed by atoms with Gasteiger partial charge in [0, 0.05) is 12.9 Å². The quantitative estimate of drug-likeness (QED) is 0.787. The molecule has 0 N–H and O–H groups in total. The molecule has 0 unspecified atom stereocenters. The maximum Gasteiger partial charge on any atom is 0.233 e. The van der Waals surface area contributed by atoms with E-state index in [1.165, 1.54) is 12.1 Å². The third-order valence-corrected chi connectivity index (χ3v) is 1.24. The maximum absolute atomic E-state index is 7.41. The van der Waals surface area contributed by atoms with Crippen LogP contribution in [0.5, 0.6) is 5.88 Å². The van der Waals surface area contributed by atoms with E-state index in [9.17, 15) is 0 Å². The largest absolute Gasteiger partial charge is 0.477 e. The van der Waals surface area contributed by atoms with Gasteiger partial charge in [-0.3, -0.25) is 0 Å². The van der Waals surface area contributed by atoms with Crippen LogP contribution in [-0.2, 0) is 0 Å². The number of aromatic nitrogens is 2. The monoisotopic (exact) mass is 223 g/mol. The molecule has 0 bridgehead atoms.